The number of carbonyl (C=O) groups excluding carboxylic acids is 2. The van der Waals surface area contributed by atoms with Crippen LogP contribution >= 0.6 is 0 Å². The van der Waals surface area contributed by atoms with Gasteiger partial charge in [0, 0.05) is 11.8 Å². The molecular weight excluding hydrogens is 418 g/mol. The minimum atomic E-state index is -0.813. The van der Waals surface area contributed by atoms with Crippen molar-refractivity contribution in [1.82, 2.24) is 0 Å². The number of ether oxygens (including phenoxy) is 2. The SMILES string of the molecule is CCOc1cccc(N2C(=O)C(=O)/C(=C(/O)c3ccccc3OC)C2c2cccc(C)c2)c1. The van der Waals surface area contributed by atoms with Crippen LogP contribution < -0.4 is 14.4 Å². The van der Waals surface area contributed by atoms with Crippen molar-refractivity contribution in [3.8, 4) is 11.5 Å². The number of aliphatic hydroxyl groups excluding tert-OH is 1. The van der Waals surface area contributed by atoms with Crippen molar-refractivity contribution in [2.75, 3.05) is 18.6 Å². The molecule has 6 heteroatoms. The summed E-state index contributed by atoms with van der Waals surface area (Å²) in [7, 11) is 1.49. The van der Waals surface area contributed by atoms with Crippen molar-refractivity contribution in [3.05, 3.63) is 95.1 Å². The van der Waals surface area contributed by atoms with Gasteiger partial charge >= 0.3 is 0 Å². The van der Waals surface area contributed by atoms with E-state index in [1.54, 1.807) is 48.5 Å². The second-order valence-electron chi connectivity index (χ2n) is 7.71. The summed E-state index contributed by atoms with van der Waals surface area (Å²) in [5, 5.41) is 11.3. The minimum absolute atomic E-state index is 0.0110. The Morgan fingerprint density at radius 2 is 1.76 bits per heavy atom. The highest BCUT2D eigenvalue weighted by Crippen LogP contribution is 2.43. The number of para-hydroxylation sites is 1. The summed E-state index contributed by atoms with van der Waals surface area (Å²) in [6.45, 7) is 4.28. The summed E-state index contributed by atoms with van der Waals surface area (Å²) in [4.78, 5) is 28.0. The molecule has 1 amide bonds. The third-order valence-corrected chi connectivity index (χ3v) is 5.57. The van der Waals surface area contributed by atoms with Gasteiger partial charge in [-0.05, 0) is 43.7 Å². The largest absolute Gasteiger partial charge is 0.507 e. The first-order chi connectivity index (χ1) is 16.0. The molecule has 168 valence electrons. The molecule has 3 aromatic rings. The summed E-state index contributed by atoms with van der Waals surface area (Å²) in [5.74, 6) is -0.758. The van der Waals surface area contributed by atoms with Gasteiger partial charge in [0.25, 0.3) is 11.7 Å². The molecule has 0 radical (unpaired) electrons. The molecule has 1 saturated heterocycles. The van der Waals surface area contributed by atoms with Crippen LogP contribution in [0.2, 0.25) is 0 Å². The summed E-state index contributed by atoms with van der Waals surface area (Å²) in [6, 6.07) is 20.6. The molecule has 1 aliphatic rings. The van der Waals surface area contributed by atoms with Crippen molar-refractivity contribution in [1.29, 1.82) is 0 Å². The number of carbonyl (C=O) groups is 2. The van der Waals surface area contributed by atoms with E-state index in [4.69, 9.17) is 9.47 Å². The lowest BCUT2D eigenvalue weighted by atomic mass is 9.94. The molecule has 1 unspecified atom stereocenters. The number of nitrogens with zero attached hydrogens (tertiary/aromatic N) is 1. The Kier molecular flexibility index (Phi) is 6.18. The van der Waals surface area contributed by atoms with Gasteiger partial charge in [-0.25, -0.2) is 0 Å². The number of hydrogen-bond acceptors (Lipinski definition) is 5. The van der Waals surface area contributed by atoms with Gasteiger partial charge < -0.3 is 14.6 Å². The van der Waals surface area contributed by atoms with Crippen LogP contribution in [0.15, 0.2) is 78.4 Å². The number of aryl methyl sites for hydroxylation is 1. The number of benzene rings is 3. The van der Waals surface area contributed by atoms with Crippen molar-refractivity contribution in [2.45, 2.75) is 19.9 Å². The molecule has 0 bridgehead atoms. The lowest BCUT2D eigenvalue weighted by molar-refractivity contribution is -0.132. The average Bonchev–Trinajstić information content (AvgIpc) is 3.09. The molecule has 0 aromatic heterocycles. The molecule has 0 saturated carbocycles. The summed E-state index contributed by atoms with van der Waals surface area (Å²) < 4.78 is 11.0. The van der Waals surface area contributed by atoms with E-state index >= 15 is 0 Å². The highest BCUT2D eigenvalue weighted by Gasteiger charge is 2.47. The Hall–Kier alpha value is -4.06. The zero-order valence-corrected chi connectivity index (χ0v) is 18.7. The summed E-state index contributed by atoms with van der Waals surface area (Å²) in [5.41, 5.74) is 2.55. The lowest BCUT2D eigenvalue weighted by Crippen LogP contribution is -2.29. The molecule has 1 atom stereocenters. The topological polar surface area (TPSA) is 76.1 Å². The molecule has 4 rings (SSSR count). The number of hydrogen-bond donors (Lipinski definition) is 1. The third-order valence-electron chi connectivity index (χ3n) is 5.57. The van der Waals surface area contributed by atoms with Crippen LogP contribution in [0, 0.1) is 6.92 Å². The maximum atomic E-state index is 13.3. The van der Waals surface area contributed by atoms with Gasteiger partial charge in [-0.1, -0.05) is 48.0 Å². The predicted molar refractivity (Wildman–Crippen MR) is 127 cm³/mol. The van der Waals surface area contributed by atoms with Crippen LogP contribution in [0.4, 0.5) is 5.69 Å². The molecule has 1 N–H and O–H groups in total. The van der Waals surface area contributed by atoms with E-state index < -0.39 is 17.7 Å². The molecule has 1 heterocycles. The minimum Gasteiger partial charge on any atom is -0.507 e. The van der Waals surface area contributed by atoms with Gasteiger partial charge in [0.1, 0.15) is 17.3 Å². The van der Waals surface area contributed by atoms with Crippen LogP contribution in [-0.2, 0) is 9.59 Å². The van der Waals surface area contributed by atoms with Crippen LogP contribution in [0.5, 0.6) is 11.5 Å². The van der Waals surface area contributed by atoms with Gasteiger partial charge in [0.15, 0.2) is 0 Å². The molecule has 1 aliphatic heterocycles. The molecular formula is C27H25NO5. The normalized spacial score (nSPS) is 17.3. The van der Waals surface area contributed by atoms with Gasteiger partial charge in [0.2, 0.25) is 0 Å². The first-order valence-electron chi connectivity index (χ1n) is 10.7. The number of aliphatic hydroxyl groups is 1. The van der Waals surface area contributed by atoms with Gasteiger partial charge in [-0.15, -0.1) is 0 Å². The van der Waals surface area contributed by atoms with Gasteiger partial charge in [-0.3, -0.25) is 14.5 Å². The van der Waals surface area contributed by atoms with Crippen LogP contribution in [-0.4, -0.2) is 30.5 Å². The van der Waals surface area contributed by atoms with Gasteiger partial charge in [-0.2, -0.15) is 0 Å². The molecule has 6 nitrogen and oxygen atoms in total. The molecule has 1 fully saturated rings. The predicted octanol–water partition coefficient (Wildman–Crippen LogP) is 5.03. The fraction of sp³-hybridized carbons (Fsp3) is 0.185. The van der Waals surface area contributed by atoms with Crippen molar-refractivity contribution in [2.24, 2.45) is 0 Å². The maximum Gasteiger partial charge on any atom is 0.300 e. The molecule has 33 heavy (non-hydrogen) atoms. The van der Waals surface area contributed by atoms with Crippen molar-refractivity contribution < 1.29 is 24.2 Å². The molecule has 0 spiro atoms. The number of methoxy groups -OCH3 is 1. The highest BCUT2D eigenvalue weighted by molar-refractivity contribution is 6.51. The monoisotopic (exact) mass is 443 g/mol. The summed E-state index contributed by atoms with van der Waals surface area (Å²) >= 11 is 0. The van der Waals surface area contributed by atoms with E-state index in [-0.39, 0.29) is 11.3 Å². The number of rotatable bonds is 6. The fourth-order valence-corrected chi connectivity index (χ4v) is 4.13. The third kappa shape index (κ3) is 4.07. The quantitative estimate of drug-likeness (QED) is 0.329. The first-order valence-corrected chi connectivity index (χ1v) is 10.7. The smallest absolute Gasteiger partial charge is 0.300 e. The zero-order chi connectivity index (χ0) is 23.5. The second-order valence-corrected chi connectivity index (χ2v) is 7.71. The van der Waals surface area contributed by atoms with Crippen LogP contribution in [0.1, 0.15) is 29.7 Å². The summed E-state index contributed by atoms with van der Waals surface area (Å²) in [6.07, 6.45) is 0. The average molecular weight is 443 g/mol. The lowest BCUT2D eigenvalue weighted by Gasteiger charge is -2.26. The number of Topliss-reactive ketones (excluding diaryl/α,β-unsaturated/α-hetero) is 1. The molecule has 0 aliphatic carbocycles. The van der Waals surface area contributed by atoms with Crippen molar-refractivity contribution in [3.63, 3.8) is 0 Å². The Bertz CT molecular complexity index is 1250. The molecule has 3 aromatic carbocycles. The zero-order valence-electron chi connectivity index (χ0n) is 18.7. The van der Waals surface area contributed by atoms with Crippen LogP contribution in [0.25, 0.3) is 5.76 Å². The maximum absolute atomic E-state index is 13.3. The van der Waals surface area contributed by atoms with E-state index in [2.05, 4.69) is 0 Å². The Morgan fingerprint density at radius 1 is 1.00 bits per heavy atom. The Labute approximate surface area is 192 Å². The standard InChI is InChI=1S/C27H25NO5/c1-4-33-20-12-8-11-19(16-20)28-24(18-10-7-9-17(2)15-18)23(26(30)27(28)31)25(29)21-13-5-6-14-22(21)32-3/h5-16,24,29H,4H2,1-3H3/b25-23+. The fourth-order valence-electron chi connectivity index (χ4n) is 4.13. The van der Waals surface area contributed by atoms with Crippen LogP contribution in [0.3, 0.4) is 0 Å². The number of ketones is 1. The first kappa shape index (κ1) is 22.1. The van der Waals surface area contributed by atoms with E-state index in [0.29, 0.717) is 34.9 Å². The van der Waals surface area contributed by atoms with Crippen molar-refractivity contribution >= 4 is 23.1 Å². The Balaban J connectivity index is 1.96. The number of amides is 1. The van der Waals surface area contributed by atoms with Gasteiger partial charge in [0.05, 0.1) is 30.9 Å². The van der Waals surface area contributed by atoms with E-state index in [1.165, 1.54) is 12.0 Å². The van der Waals surface area contributed by atoms with E-state index in [0.717, 1.165) is 5.56 Å². The second kappa shape index (κ2) is 9.20. The highest BCUT2D eigenvalue weighted by atomic mass is 16.5. The van der Waals surface area contributed by atoms with E-state index in [1.807, 2.05) is 38.1 Å². The Morgan fingerprint density at radius 3 is 2.48 bits per heavy atom. The van der Waals surface area contributed by atoms with E-state index in [9.17, 15) is 14.7 Å². The number of anilines is 1.